The van der Waals surface area contributed by atoms with Crippen LogP contribution in [0.1, 0.15) is 69.8 Å². The molecule has 3 aromatic rings. The molecule has 0 fully saturated rings. The number of esters is 2. The van der Waals surface area contributed by atoms with Crippen molar-refractivity contribution in [2.75, 3.05) is 19.0 Å². The number of nitrogens with zero attached hydrogens (tertiary/aromatic N) is 1. The van der Waals surface area contributed by atoms with Crippen molar-refractivity contribution < 1.29 is 33.4 Å². The third-order valence-corrected chi connectivity index (χ3v) is 7.67. The van der Waals surface area contributed by atoms with Gasteiger partial charge in [-0.2, -0.15) is 5.10 Å². The Kier molecular flexibility index (Phi) is 9.86. The number of carbonyl (C=O) groups is 4. The van der Waals surface area contributed by atoms with E-state index in [1.54, 1.807) is 62.4 Å². The maximum atomic E-state index is 12.8. The molecule has 41 heavy (non-hydrogen) atoms. The summed E-state index contributed by atoms with van der Waals surface area (Å²) < 4.78 is 15.9. The largest absolute Gasteiger partial charge is 0.497 e. The first-order valence-electron chi connectivity index (χ1n) is 13.2. The second-order valence-corrected chi connectivity index (χ2v) is 10.3. The summed E-state index contributed by atoms with van der Waals surface area (Å²) in [5.74, 6) is -2.25. The Bertz CT molecular complexity index is 1480. The normalized spacial score (nSPS) is 12.9. The molecule has 0 aliphatic heterocycles. The number of carbonyl (C=O) groups excluding carboxylic acids is 4. The molecule has 1 heterocycles. The summed E-state index contributed by atoms with van der Waals surface area (Å²) in [7, 11) is 1.53. The predicted molar refractivity (Wildman–Crippen MR) is 155 cm³/mol. The van der Waals surface area contributed by atoms with E-state index in [-0.39, 0.29) is 12.4 Å². The van der Waals surface area contributed by atoms with Crippen LogP contribution in [0.15, 0.2) is 53.6 Å². The van der Waals surface area contributed by atoms with E-state index in [1.807, 2.05) is 0 Å². The zero-order chi connectivity index (χ0) is 29.4. The average Bonchev–Trinajstić information content (AvgIpc) is 3.15. The second kappa shape index (κ2) is 13.7. The van der Waals surface area contributed by atoms with Crippen LogP contribution in [0.2, 0.25) is 0 Å². The summed E-state index contributed by atoms with van der Waals surface area (Å²) in [4.78, 5) is 51.8. The zero-order valence-corrected chi connectivity index (χ0v) is 23.9. The molecule has 0 atom stereocenters. The minimum absolute atomic E-state index is 0.197. The minimum atomic E-state index is -1.02. The summed E-state index contributed by atoms with van der Waals surface area (Å²) in [6.45, 7) is 3.52. The van der Waals surface area contributed by atoms with Crippen LogP contribution in [0, 0.1) is 0 Å². The highest BCUT2D eigenvalue weighted by Gasteiger charge is 2.28. The lowest BCUT2D eigenvalue weighted by Gasteiger charge is -2.10. The molecule has 2 aromatic carbocycles. The first-order valence-corrected chi connectivity index (χ1v) is 14.1. The fourth-order valence-corrected chi connectivity index (χ4v) is 5.67. The summed E-state index contributed by atoms with van der Waals surface area (Å²) in [6.07, 6.45) is 4.52. The predicted octanol–water partition coefficient (Wildman–Crippen LogP) is 4.90. The van der Waals surface area contributed by atoms with Crippen molar-refractivity contribution in [3.05, 3.63) is 75.7 Å². The number of amides is 2. The molecule has 0 unspecified atom stereocenters. The van der Waals surface area contributed by atoms with Gasteiger partial charge in [-0.15, -0.1) is 11.3 Å². The molecule has 1 aliphatic rings. The van der Waals surface area contributed by atoms with Crippen molar-refractivity contribution in [3.8, 4) is 11.5 Å². The van der Waals surface area contributed by atoms with E-state index in [0.29, 0.717) is 39.6 Å². The van der Waals surface area contributed by atoms with Crippen molar-refractivity contribution in [1.29, 1.82) is 0 Å². The lowest BCUT2D eigenvalue weighted by atomic mass is 10.1. The number of aryl methyl sites for hydroxylation is 1. The number of hydrogen-bond acceptors (Lipinski definition) is 9. The fraction of sp³-hybridized carbons (Fsp3) is 0.300. The third-order valence-electron chi connectivity index (χ3n) is 6.46. The van der Waals surface area contributed by atoms with E-state index in [9.17, 15) is 19.2 Å². The molecule has 2 amide bonds. The Morgan fingerprint density at radius 2 is 1.66 bits per heavy atom. The molecule has 0 spiro atoms. The topological polar surface area (TPSA) is 132 Å². The van der Waals surface area contributed by atoms with Gasteiger partial charge in [0.25, 0.3) is 0 Å². The highest BCUT2D eigenvalue weighted by Crippen LogP contribution is 2.38. The SMILES string of the molecule is CCOC(=O)c1c(NC(=O)C(=O)N/N=C(\C)c2ccccc2OC(=O)c2ccc(OC)cc2)sc2c1CCCCC2. The van der Waals surface area contributed by atoms with Gasteiger partial charge in [0.05, 0.1) is 30.6 Å². The molecule has 2 N–H and O–H groups in total. The summed E-state index contributed by atoms with van der Waals surface area (Å²) in [5, 5.41) is 6.92. The number of benzene rings is 2. The van der Waals surface area contributed by atoms with Crippen LogP contribution < -0.4 is 20.2 Å². The van der Waals surface area contributed by atoms with Crippen molar-refractivity contribution >= 4 is 45.8 Å². The van der Waals surface area contributed by atoms with Gasteiger partial charge in [0.15, 0.2) is 0 Å². The van der Waals surface area contributed by atoms with E-state index >= 15 is 0 Å². The Labute approximate surface area is 241 Å². The number of anilines is 1. The van der Waals surface area contributed by atoms with Gasteiger partial charge in [0.2, 0.25) is 0 Å². The minimum Gasteiger partial charge on any atom is -0.497 e. The van der Waals surface area contributed by atoms with Crippen molar-refractivity contribution in [3.63, 3.8) is 0 Å². The van der Waals surface area contributed by atoms with Crippen molar-refractivity contribution in [2.45, 2.75) is 46.0 Å². The van der Waals surface area contributed by atoms with E-state index in [4.69, 9.17) is 14.2 Å². The van der Waals surface area contributed by atoms with Crippen molar-refractivity contribution in [1.82, 2.24) is 5.43 Å². The Morgan fingerprint density at radius 3 is 2.39 bits per heavy atom. The number of hydrogen-bond donors (Lipinski definition) is 2. The van der Waals surface area contributed by atoms with Gasteiger partial charge < -0.3 is 19.5 Å². The second-order valence-electron chi connectivity index (χ2n) is 9.20. The zero-order valence-electron chi connectivity index (χ0n) is 23.1. The lowest BCUT2D eigenvalue weighted by molar-refractivity contribution is -0.136. The molecule has 214 valence electrons. The van der Waals surface area contributed by atoms with E-state index in [2.05, 4.69) is 15.8 Å². The van der Waals surface area contributed by atoms with Gasteiger partial charge in [-0.05, 0) is 81.5 Å². The number of para-hydroxylation sites is 1. The van der Waals surface area contributed by atoms with Gasteiger partial charge in [0, 0.05) is 10.4 Å². The number of methoxy groups -OCH3 is 1. The maximum absolute atomic E-state index is 12.8. The molecule has 1 aliphatic carbocycles. The highest BCUT2D eigenvalue weighted by atomic mass is 32.1. The smallest absolute Gasteiger partial charge is 0.343 e. The van der Waals surface area contributed by atoms with Crippen LogP contribution in [-0.2, 0) is 27.2 Å². The number of ether oxygens (including phenoxy) is 3. The summed E-state index contributed by atoms with van der Waals surface area (Å²) in [5.41, 5.74) is 4.53. The molecule has 1 aromatic heterocycles. The molecule has 0 saturated heterocycles. The molecule has 4 rings (SSSR count). The van der Waals surface area contributed by atoms with E-state index in [0.717, 1.165) is 36.1 Å². The van der Waals surface area contributed by atoms with Gasteiger partial charge in [-0.1, -0.05) is 18.6 Å². The molecule has 10 nitrogen and oxygen atoms in total. The van der Waals surface area contributed by atoms with E-state index < -0.39 is 23.8 Å². The number of nitrogens with one attached hydrogen (secondary N) is 2. The Morgan fingerprint density at radius 1 is 0.927 bits per heavy atom. The maximum Gasteiger partial charge on any atom is 0.343 e. The lowest BCUT2D eigenvalue weighted by Crippen LogP contribution is -2.33. The quantitative estimate of drug-likeness (QED) is 0.0972. The molecule has 0 saturated carbocycles. The molecular weight excluding hydrogens is 546 g/mol. The van der Waals surface area contributed by atoms with Crippen LogP contribution in [-0.4, -0.2) is 43.2 Å². The van der Waals surface area contributed by atoms with Gasteiger partial charge in [0.1, 0.15) is 16.5 Å². The molecule has 0 bridgehead atoms. The number of fused-ring (bicyclic) bond motifs is 1. The number of thiophene rings is 1. The molecule has 11 heteroatoms. The van der Waals surface area contributed by atoms with Gasteiger partial charge in [-0.3, -0.25) is 9.59 Å². The van der Waals surface area contributed by atoms with Crippen molar-refractivity contribution in [2.24, 2.45) is 5.10 Å². The fourth-order valence-electron chi connectivity index (χ4n) is 4.40. The van der Waals surface area contributed by atoms with Crippen LogP contribution in [0.3, 0.4) is 0 Å². The average molecular weight is 578 g/mol. The first kappa shape index (κ1) is 29.5. The monoisotopic (exact) mass is 577 g/mol. The van der Waals surface area contributed by atoms with Crippen LogP contribution >= 0.6 is 11.3 Å². The molecular formula is C30H31N3O7S. The van der Waals surface area contributed by atoms with Crippen LogP contribution in [0.4, 0.5) is 5.00 Å². The van der Waals surface area contributed by atoms with Gasteiger partial charge in [-0.25, -0.2) is 15.0 Å². The summed E-state index contributed by atoms with van der Waals surface area (Å²) in [6, 6.07) is 13.2. The number of rotatable bonds is 8. The Balaban J connectivity index is 1.46. The van der Waals surface area contributed by atoms with E-state index in [1.165, 1.54) is 18.4 Å². The van der Waals surface area contributed by atoms with Crippen LogP contribution in [0.5, 0.6) is 11.5 Å². The van der Waals surface area contributed by atoms with Gasteiger partial charge >= 0.3 is 23.8 Å². The Hall–Kier alpha value is -4.51. The molecule has 0 radical (unpaired) electrons. The first-order chi connectivity index (χ1) is 19.8. The van der Waals surface area contributed by atoms with Crippen LogP contribution in [0.25, 0.3) is 0 Å². The highest BCUT2D eigenvalue weighted by molar-refractivity contribution is 7.17. The standard InChI is InChI=1S/C30H31N3O7S/c1-4-39-30(37)25-22-11-6-5-7-13-24(22)41-28(25)31-26(34)27(35)33-32-18(2)21-10-8-9-12-23(21)40-29(36)19-14-16-20(38-3)17-15-19/h8-10,12,14-17H,4-7,11,13H2,1-3H3,(H,31,34)(H,33,35)/b32-18+. The number of hydrazone groups is 1. The third kappa shape index (κ3) is 7.17. The summed E-state index contributed by atoms with van der Waals surface area (Å²) >= 11 is 1.30.